The van der Waals surface area contributed by atoms with Gasteiger partial charge in [0.1, 0.15) is 11.2 Å². The van der Waals surface area contributed by atoms with Gasteiger partial charge in [0.05, 0.1) is 27.7 Å². The molecule has 0 amide bonds. The fourth-order valence-corrected chi connectivity index (χ4v) is 10.7. The summed E-state index contributed by atoms with van der Waals surface area (Å²) < 4.78 is 8.86. The minimum atomic E-state index is -0.469. The number of hydrogen-bond donors (Lipinski definition) is 0. The second-order valence-corrected chi connectivity index (χ2v) is 15.6. The highest BCUT2D eigenvalue weighted by Gasteiger charge is 2.50. The first kappa shape index (κ1) is 29.8. The van der Waals surface area contributed by atoms with Crippen LogP contribution in [0.5, 0.6) is 0 Å². The van der Waals surface area contributed by atoms with Crippen molar-refractivity contribution in [2.24, 2.45) is 0 Å². The summed E-state index contributed by atoms with van der Waals surface area (Å²) in [6, 6.07) is 63.9. The molecule has 0 fully saturated rings. The highest BCUT2D eigenvalue weighted by molar-refractivity contribution is 6.26. The number of benzene rings is 9. The van der Waals surface area contributed by atoms with Gasteiger partial charge in [0.25, 0.3) is 0 Å². The number of rotatable bonds is 2. The lowest BCUT2D eigenvalue weighted by molar-refractivity contribution is 0.669. The van der Waals surface area contributed by atoms with E-state index in [1.165, 1.54) is 65.7 Å². The van der Waals surface area contributed by atoms with Crippen LogP contribution in [0.2, 0.25) is 0 Å². The van der Waals surface area contributed by atoms with Crippen LogP contribution < -0.4 is 0 Å². The number of furan rings is 1. The maximum atomic E-state index is 6.56. The average molecular weight is 724 g/mol. The van der Waals surface area contributed by atoms with Crippen molar-refractivity contribution in [3.8, 4) is 28.3 Å². The summed E-state index contributed by atoms with van der Waals surface area (Å²) in [7, 11) is 0. The predicted molar refractivity (Wildman–Crippen MR) is 232 cm³/mol. The SMILES string of the molecule is c1ccc2c(c1)-c1ccccc1C21c2cccc3ccc4c(c23)c2c1cccc2n4-c1nc(-c2ccc3c(c2)oc2cc4ccccc4cc23)c2ccccc2n1. The maximum Gasteiger partial charge on any atom is 0.235 e. The minimum absolute atomic E-state index is 0.469. The standard InChI is InChI=1S/C53H29N3O/c1-2-12-32-28-47-38(27-31(32)11-1)36-25-23-33(29-46(36)57-47)51-37-16-5-8-21-43(37)54-52(55-51)56-44-22-10-20-42-49(44)50-45(56)26-24-30-13-9-19-41(48(30)50)53(42)39-17-6-3-14-34(39)35-15-4-7-18-40(35)53/h1-29H. The van der Waals surface area contributed by atoms with Crippen LogP contribution in [0.15, 0.2) is 180 Å². The normalized spacial score (nSPS) is 13.8. The molecule has 2 aliphatic carbocycles. The largest absolute Gasteiger partial charge is 0.456 e. The molecule has 57 heavy (non-hydrogen) atoms. The van der Waals surface area contributed by atoms with Crippen LogP contribution in [0.1, 0.15) is 22.3 Å². The zero-order valence-electron chi connectivity index (χ0n) is 30.5. The van der Waals surface area contributed by atoms with Crippen LogP contribution in [0.25, 0.3) is 105 Å². The van der Waals surface area contributed by atoms with Crippen LogP contribution >= 0.6 is 0 Å². The molecule has 4 heteroatoms. The molecule has 0 unspecified atom stereocenters. The van der Waals surface area contributed by atoms with Crippen LogP contribution in [-0.4, -0.2) is 14.5 Å². The van der Waals surface area contributed by atoms with Gasteiger partial charge in [0.2, 0.25) is 5.95 Å². The summed E-state index contributed by atoms with van der Waals surface area (Å²) in [5.74, 6) is 0.650. The smallest absolute Gasteiger partial charge is 0.235 e. The molecule has 3 heterocycles. The Balaban J connectivity index is 1.07. The first-order chi connectivity index (χ1) is 28.3. The summed E-state index contributed by atoms with van der Waals surface area (Å²) in [6.07, 6.45) is 0. The van der Waals surface area contributed by atoms with Crippen molar-refractivity contribution < 1.29 is 4.42 Å². The van der Waals surface area contributed by atoms with Gasteiger partial charge in [-0.05, 0) is 97.4 Å². The Hall–Kier alpha value is -7.56. The molecule has 14 rings (SSSR count). The Morgan fingerprint density at radius 2 is 1.07 bits per heavy atom. The number of nitrogens with zero attached hydrogens (tertiary/aromatic N) is 3. The van der Waals surface area contributed by atoms with Gasteiger partial charge < -0.3 is 4.42 Å². The van der Waals surface area contributed by atoms with Crippen molar-refractivity contribution in [1.29, 1.82) is 0 Å². The van der Waals surface area contributed by atoms with Gasteiger partial charge in [0, 0.05) is 32.5 Å². The van der Waals surface area contributed by atoms with Crippen LogP contribution in [0.3, 0.4) is 0 Å². The number of para-hydroxylation sites is 1. The molecular formula is C53H29N3O. The summed E-state index contributed by atoms with van der Waals surface area (Å²) >= 11 is 0. The van der Waals surface area contributed by atoms with Crippen molar-refractivity contribution >= 4 is 76.2 Å². The lowest BCUT2D eigenvalue weighted by Crippen LogP contribution is -2.30. The average Bonchev–Trinajstić information content (AvgIpc) is 3.90. The van der Waals surface area contributed by atoms with E-state index in [0.717, 1.165) is 55.1 Å². The van der Waals surface area contributed by atoms with Gasteiger partial charge in [0.15, 0.2) is 0 Å². The van der Waals surface area contributed by atoms with Gasteiger partial charge in [-0.25, -0.2) is 9.97 Å². The third kappa shape index (κ3) is 3.60. The second-order valence-electron chi connectivity index (χ2n) is 15.6. The molecule has 0 saturated heterocycles. The lowest BCUT2D eigenvalue weighted by atomic mass is 9.63. The van der Waals surface area contributed by atoms with E-state index in [1.807, 2.05) is 0 Å². The molecular weight excluding hydrogens is 695 g/mol. The minimum Gasteiger partial charge on any atom is -0.456 e. The van der Waals surface area contributed by atoms with Crippen molar-refractivity contribution in [2.45, 2.75) is 5.41 Å². The van der Waals surface area contributed by atoms with E-state index in [-0.39, 0.29) is 0 Å². The molecule has 4 nitrogen and oxygen atoms in total. The molecule has 9 aromatic carbocycles. The fourth-order valence-electron chi connectivity index (χ4n) is 10.7. The van der Waals surface area contributed by atoms with E-state index in [2.05, 4.69) is 180 Å². The van der Waals surface area contributed by atoms with Crippen LogP contribution in [0, 0.1) is 0 Å². The molecule has 12 aromatic rings. The molecule has 0 N–H and O–H groups in total. The first-order valence-electron chi connectivity index (χ1n) is 19.6. The fraction of sp³-hybridized carbons (Fsp3) is 0.0189. The Morgan fingerprint density at radius 1 is 0.421 bits per heavy atom. The predicted octanol–water partition coefficient (Wildman–Crippen LogP) is 13.3. The van der Waals surface area contributed by atoms with Crippen molar-refractivity contribution in [3.63, 3.8) is 0 Å². The van der Waals surface area contributed by atoms with Crippen molar-refractivity contribution in [1.82, 2.24) is 14.5 Å². The topological polar surface area (TPSA) is 43.9 Å². The summed E-state index contributed by atoms with van der Waals surface area (Å²) in [4.78, 5) is 10.9. The Bertz CT molecular complexity index is 3730. The maximum absolute atomic E-state index is 6.56. The molecule has 3 aromatic heterocycles. The Labute approximate surface area is 325 Å². The van der Waals surface area contributed by atoms with Crippen LogP contribution in [0.4, 0.5) is 0 Å². The molecule has 0 atom stereocenters. The Morgan fingerprint density at radius 3 is 1.91 bits per heavy atom. The van der Waals surface area contributed by atoms with E-state index >= 15 is 0 Å². The summed E-state index contributed by atoms with van der Waals surface area (Å²) in [5.41, 5.74) is 14.1. The van der Waals surface area contributed by atoms with E-state index in [1.54, 1.807) is 0 Å². The Kier molecular flexibility index (Phi) is 5.42. The van der Waals surface area contributed by atoms with Gasteiger partial charge >= 0.3 is 0 Å². The molecule has 2 aliphatic rings. The van der Waals surface area contributed by atoms with Gasteiger partial charge in [-0.1, -0.05) is 133 Å². The van der Waals surface area contributed by atoms with Crippen molar-refractivity contribution in [2.75, 3.05) is 0 Å². The summed E-state index contributed by atoms with van der Waals surface area (Å²) in [6.45, 7) is 0. The second kappa shape index (κ2) is 10.4. The summed E-state index contributed by atoms with van der Waals surface area (Å²) in [5, 5.41) is 10.6. The number of aromatic nitrogens is 3. The first-order valence-corrected chi connectivity index (χ1v) is 19.6. The molecule has 0 saturated carbocycles. The van der Waals surface area contributed by atoms with Crippen LogP contribution in [-0.2, 0) is 5.41 Å². The van der Waals surface area contributed by atoms with Gasteiger partial charge in [-0.15, -0.1) is 0 Å². The third-order valence-electron chi connectivity index (χ3n) is 13.0. The zero-order valence-corrected chi connectivity index (χ0v) is 30.5. The lowest BCUT2D eigenvalue weighted by Gasteiger charge is -2.37. The molecule has 0 bridgehead atoms. The number of fused-ring (bicyclic) bond motifs is 12. The van der Waals surface area contributed by atoms with E-state index in [9.17, 15) is 0 Å². The molecule has 0 radical (unpaired) electrons. The number of hydrogen-bond acceptors (Lipinski definition) is 3. The quantitative estimate of drug-likeness (QED) is 0.178. The highest BCUT2D eigenvalue weighted by atomic mass is 16.3. The monoisotopic (exact) mass is 723 g/mol. The zero-order chi connectivity index (χ0) is 37.0. The third-order valence-corrected chi connectivity index (χ3v) is 13.0. The van der Waals surface area contributed by atoms with Gasteiger partial charge in [-0.2, -0.15) is 0 Å². The molecule has 1 spiro atoms. The van der Waals surface area contributed by atoms with Crippen molar-refractivity contribution in [3.05, 3.63) is 198 Å². The molecule has 0 aliphatic heterocycles. The van der Waals surface area contributed by atoms with E-state index < -0.39 is 5.41 Å². The van der Waals surface area contributed by atoms with Gasteiger partial charge in [-0.3, -0.25) is 4.57 Å². The van der Waals surface area contributed by atoms with E-state index in [4.69, 9.17) is 14.4 Å². The van der Waals surface area contributed by atoms with E-state index in [0.29, 0.717) is 5.95 Å². The highest BCUT2D eigenvalue weighted by Crippen LogP contribution is 2.62. The molecule has 262 valence electrons.